The first-order valence-electron chi connectivity index (χ1n) is 13.1. The first-order valence-corrected chi connectivity index (χ1v) is 13.1. The minimum absolute atomic E-state index is 0.0954. The van der Waals surface area contributed by atoms with Gasteiger partial charge >= 0.3 is 0 Å². The Balaban J connectivity index is 0.00000148. The fourth-order valence-corrected chi connectivity index (χ4v) is 5.08. The standard InChI is InChI=1S/C26H30FN5O2.C2H6/c27-23-6-5-19(16-24-20-3-1-2-4-21(20)25(33)30-29-24)15-22(23)26(34)32-13-11-31(12-14-32)17-18-7-9-28-10-8-18;1-2/h1-6,15,18,28H,7-14,16-17H2,(H,30,33);1-2H3. The quantitative estimate of drug-likeness (QED) is 0.569. The van der Waals surface area contributed by atoms with Gasteiger partial charge in [0.2, 0.25) is 0 Å². The normalized spacial score (nSPS) is 17.0. The minimum atomic E-state index is -0.509. The summed E-state index contributed by atoms with van der Waals surface area (Å²) < 4.78 is 14.7. The van der Waals surface area contributed by atoms with Crippen LogP contribution in [0.25, 0.3) is 10.8 Å². The van der Waals surface area contributed by atoms with E-state index in [1.807, 2.05) is 32.0 Å². The number of piperidine rings is 1. The predicted molar refractivity (Wildman–Crippen MR) is 141 cm³/mol. The summed E-state index contributed by atoms with van der Waals surface area (Å²) in [6.45, 7) is 10.1. The van der Waals surface area contributed by atoms with Crippen LogP contribution in [-0.2, 0) is 6.42 Å². The number of hydrogen-bond acceptors (Lipinski definition) is 5. The number of H-pyrrole nitrogens is 1. The number of fused-ring (bicyclic) bond motifs is 1. The van der Waals surface area contributed by atoms with Crippen LogP contribution in [-0.4, -0.2) is 71.7 Å². The number of halogens is 1. The lowest BCUT2D eigenvalue weighted by atomic mass is 9.97. The number of nitrogens with zero attached hydrogens (tertiary/aromatic N) is 3. The molecule has 2 aliphatic rings. The van der Waals surface area contributed by atoms with Crippen molar-refractivity contribution in [1.29, 1.82) is 0 Å². The number of carbonyl (C=O) groups is 1. The van der Waals surface area contributed by atoms with Gasteiger partial charge in [-0.2, -0.15) is 5.10 Å². The van der Waals surface area contributed by atoms with Crippen LogP contribution < -0.4 is 10.9 Å². The second kappa shape index (κ2) is 12.2. The Morgan fingerprint density at radius 3 is 2.44 bits per heavy atom. The number of benzene rings is 2. The molecule has 0 bridgehead atoms. The van der Waals surface area contributed by atoms with Gasteiger partial charge in [-0.1, -0.05) is 38.1 Å². The molecule has 2 aromatic carbocycles. The highest BCUT2D eigenvalue weighted by atomic mass is 19.1. The van der Waals surface area contributed by atoms with Crippen LogP contribution in [0.3, 0.4) is 0 Å². The second-order valence-corrected chi connectivity index (χ2v) is 9.32. The lowest BCUT2D eigenvalue weighted by Crippen LogP contribution is -2.50. The van der Waals surface area contributed by atoms with E-state index in [0.29, 0.717) is 30.6 Å². The number of hydrogen-bond donors (Lipinski definition) is 2. The van der Waals surface area contributed by atoms with Crippen molar-refractivity contribution in [3.8, 4) is 0 Å². The Morgan fingerprint density at radius 2 is 1.72 bits per heavy atom. The van der Waals surface area contributed by atoms with Crippen LogP contribution in [0.2, 0.25) is 0 Å². The molecule has 2 aliphatic heterocycles. The van der Waals surface area contributed by atoms with E-state index in [1.54, 1.807) is 23.1 Å². The van der Waals surface area contributed by atoms with Crippen molar-refractivity contribution in [1.82, 2.24) is 25.3 Å². The van der Waals surface area contributed by atoms with Gasteiger partial charge in [0.05, 0.1) is 16.6 Å². The molecular weight excluding hydrogens is 457 g/mol. The van der Waals surface area contributed by atoms with Crippen molar-refractivity contribution in [2.45, 2.75) is 33.1 Å². The molecule has 7 nitrogen and oxygen atoms in total. The molecule has 0 radical (unpaired) electrons. The third kappa shape index (κ3) is 5.99. The van der Waals surface area contributed by atoms with Crippen molar-refractivity contribution in [2.75, 3.05) is 45.8 Å². The highest BCUT2D eigenvalue weighted by Crippen LogP contribution is 2.21. The van der Waals surface area contributed by atoms with E-state index in [2.05, 4.69) is 20.4 Å². The molecule has 0 atom stereocenters. The maximum Gasteiger partial charge on any atom is 0.272 e. The van der Waals surface area contributed by atoms with Crippen LogP contribution in [0.4, 0.5) is 4.39 Å². The van der Waals surface area contributed by atoms with Crippen molar-refractivity contribution in [3.05, 3.63) is 75.5 Å². The molecule has 36 heavy (non-hydrogen) atoms. The van der Waals surface area contributed by atoms with Crippen molar-refractivity contribution >= 4 is 16.7 Å². The number of rotatable bonds is 5. The van der Waals surface area contributed by atoms with Gasteiger partial charge in [-0.25, -0.2) is 9.49 Å². The maximum atomic E-state index is 14.7. The predicted octanol–water partition coefficient (Wildman–Crippen LogP) is 3.44. The van der Waals surface area contributed by atoms with Crippen molar-refractivity contribution in [3.63, 3.8) is 0 Å². The minimum Gasteiger partial charge on any atom is -0.336 e. The van der Waals surface area contributed by atoms with Crippen molar-refractivity contribution < 1.29 is 9.18 Å². The Morgan fingerprint density at radius 1 is 1.03 bits per heavy atom. The van der Waals surface area contributed by atoms with Gasteiger partial charge in [0.1, 0.15) is 5.82 Å². The van der Waals surface area contributed by atoms with E-state index in [1.165, 1.54) is 18.9 Å². The van der Waals surface area contributed by atoms with E-state index in [9.17, 15) is 14.0 Å². The van der Waals surface area contributed by atoms with E-state index in [-0.39, 0.29) is 17.0 Å². The van der Waals surface area contributed by atoms with Gasteiger partial charge in [0, 0.05) is 44.5 Å². The molecule has 0 saturated carbocycles. The van der Waals surface area contributed by atoms with E-state index in [0.717, 1.165) is 49.6 Å². The monoisotopic (exact) mass is 493 g/mol. The summed E-state index contributed by atoms with van der Waals surface area (Å²) in [4.78, 5) is 29.4. The molecule has 1 aromatic heterocycles. The molecule has 3 aromatic rings. The van der Waals surface area contributed by atoms with E-state index < -0.39 is 5.82 Å². The lowest BCUT2D eigenvalue weighted by Gasteiger charge is -2.37. The molecule has 3 heterocycles. The average Bonchev–Trinajstić information content (AvgIpc) is 2.93. The Labute approximate surface area is 211 Å². The molecule has 1 amide bonds. The first-order chi connectivity index (χ1) is 17.6. The first kappa shape index (κ1) is 26.0. The van der Waals surface area contributed by atoms with Gasteiger partial charge in [0.15, 0.2) is 0 Å². The summed E-state index contributed by atoms with van der Waals surface area (Å²) in [5.41, 5.74) is 1.32. The van der Waals surface area contributed by atoms with Crippen LogP contribution in [0.15, 0.2) is 47.3 Å². The molecule has 0 unspecified atom stereocenters. The highest BCUT2D eigenvalue weighted by Gasteiger charge is 2.26. The summed E-state index contributed by atoms with van der Waals surface area (Å²) in [5, 5.41) is 11.5. The maximum absolute atomic E-state index is 14.7. The SMILES string of the molecule is CC.O=C(c1cc(Cc2n[nH]c(=O)c3ccccc23)ccc1F)N1CCN(CC2CCNCC2)CC1. The fraction of sp³-hybridized carbons (Fsp3) is 0.464. The number of aromatic nitrogens is 2. The molecule has 0 aliphatic carbocycles. The zero-order valence-corrected chi connectivity index (χ0v) is 21.2. The number of nitrogens with one attached hydrogen (secondary N) is 2. The lowest BCUT2D eigenvalue weighted by molar-refractivity contribution is 0.0604. The third-order valence-electron chi connectivity index (χ3n) is 7.04. The molecule has 8 heteroatoms. The van der Waals surface area contributed by atoms with Crippen LogP contribution in [0.5, 0.6) is 0 Å². The Bertz CT molecular complexity index is 1230. The molecule has 2 N–H and O–H groups in total. The van der Waals surface area contributed by atoms with Crippen LogP contribution in [0.1, 0.15) is 48.3 Å². The number of carbonyl (C=O) groups excluding carboxylic acids is 1. The van der Waals surface area contributed by atoms with Gasteiger partial charge < -0.3 is 10.2 Å². The fourth-order valence-electron chi connectivity index (χ4n) is 5.08. The van der Waals surface area contributed by atoms with Gasteiger partial charge in [-0.05, 0) is 55.6 Å². The summed E-state index contributed by atoms with van der Waals surface area (Å²) in [5.74, 6) is -0.0550. The number of aromatic amines is 1. The largest absolute Gasteiger partial charge is 0.336 e. The highest BCUT2D eigenvalue weighted by molar-refractivity contribution is 5.95. The molecular formula is C28H36FN5O2. The summed E-state index contributed by atoms with van der Waals surface area (Å²) in [6.07, 6.45) is 2.80. The summed E-state index contributed by atoms with van der Waals surface area (Å²) in [7, 11) is 0. The summed E-state index contributed by atoms with van der Waals surface area (Å²) >= 11 is 0. The van der Waals surface area contributed by atoms with Crippen LogP contribution >= 0.6 is 0 Å². The number of amides is 1. The average molecular weight is 494 g/mol. The molecule has 5 rings (SSSR count). The Kier molecular flexibility index (Phi) is 8.83. The van der Waals surface area contributed by atoms with Gasteiger partial charge in [-0.15, -0.1) is 0 Å². The molecule has 2 saturated heterocycles. The summed E-state index contributed by atoms with van der Waals surface area (Å²) in [6, 6.07) is 11.9. The third-order valence-corrected chi connectivity index (χ3v) is 7.04. The van der Waals surface area contributed by atoms with E-state index in [4.69, 9.17) is 0 Å². The molecule has 2 fully saturated rings. The van der Waals surface area contributed by atoms with E-state index >= 15 is 0 Å². The zero-order valence-electron chi connectivity index (χ0n) is 21.2. The molecule has 192 valence electrons. The smallest absolute Gasteiger partial charge is 0.272 e. The van der Waals surface area contributed by atoms with Crippen LogP contribution in [0, 0.1) is 11.7 Å². The second-order valence-electron chi connectivity index (χ2n) is 9.32. The van der Waals surface area contributed by atoms with Gasteiger partial charge in [-0.3, -0.25) is 14.5 Å². The Hall–Kier alpha value is -3.10. The van der Waals surface area contributed by atoms with Crippen molar-refractivity contribution in [2.24, 2.45) is 5.92 Å². The molecule has 0 spiro atoms. The topological polar surface area (TPSA) is 81.3 Å². The zero-order chi connectivity index (χ0) is 25.5. The van der Waals surface area contributed by atoms with Gasteiger partial charge in [0.25, 0.3) is 11.5 Å². The number of piperazine rings is 1.